The standard InChI is InChI=1S/C34H68O2/c1-4-7-10-13-16-18-19-20-21-22-25-28-31-33(30-27-24-15-12-9-6-3)34(35)36-32-29-26-23-17-14-11-8-5-2/h33H,4-32H2,1-3H3. The van der Waals surface area contributed by atoms with Crippen molar-refractivity contribution in [3.05, 3.63) is 0 Å². The van der Waals surface area contributed by atoms with Crippen molar-refractivity contribution in [1.29, 1.82) is 0 Å². The molecule has 0 aromatic heterocycles. The number of rotatable bonds is 30. The highest BCUT2D eigenvalue weighted by Crippen LogP contribution is 2.21. The van der Waals surface area contributed by atoms with Crippen LogP contribution in [0.25, 0.3) is 0 Å². The van der Waals surface area contributed by atoms with Gasteiger partial charge in [0.1, 0.15) is 0 Å². The molecule has 2 heteroatoms. The molecule has 216 valence electrons. The normalized spacial score (nSPS) is 12.2. The molecule has 0 aliphatic heterocycles. The lowest BCUT2D eigenvalue weighted by atomic mass is 9.94. The summed E-state index contributed by atoms with van der Waals surface area (Å²) < 4.78 is 5.76. The van der Waals surface area contributed by atoms with E-state index in [1.165, 1.54) is 161 Å². The van der Waals surface area contributed by atoms with E-state index in [4.69, 9.17) is 4.74 Å². The maximum atomic E-state index is 12.8. The van der Waals surface area contributed by atoms with Gasteiger partial charge in [0, 0.05) is 0 Å². The lowest BCUT2D eigenvalue weighted by Gasteiger charge is -2.16. The third-order valence-corrected chi connectivity index (χ3v) is 7.89. The van der Waals surface area contributed by atoms with Gasteiger partial charge in [-0.3, -0.25) is 4.79 Å². The predicted molar refractivity (Wildman–Crippen MR) is 161 cm³/mol. The topological polar surface area (TPSA) is 26.3 Å². The van der Waals surface area contributed by atoms with Gasteiger partial charge in [-0.2, -0.15) is 0 Å². The van der Waals surface area contributed by atoms with Gasteiger partial charge in [0.25, 0.3) is 0 Å². The minimum absolute atomic E-state index is 0.106. The fourth-order valence-electron chi connectivity index (χ4n) is 5.31. The number of ether oxygens (including phenoxy) is 1. The smallest absolute Gasteiger partial charge is 0.308 e. The van der Waals surface area contributed by atoms with Gasteiger partial charge < -0.3 is 4.74 Å². The second-order valence-electron chi connectivity index (χ2n) is 11.6. The van der Waals surface area contributed by atoms with E-state index in [-0.39, 0.29) is 11.9 Å². The minimum atomic E-state index is 0.106. The molecule has 1 atom stereocenters. The quantitative estimate of drug-likeness (QED) is 0.0712. The van der Waals surface area contributed by atoms with Crippen molar-refractivity contribution in [2.75, 3.05) is 6.61 Å². The van der Waals surface area contributed by atoms with E-state index < -0.39 is 0 Å². The molecule has 0 radical (unpaired) electrons. The molecule has 2 nitrogen and oxygen atoms in total. The molecular formula is C34H68O2. The lowest BCUT2D eigenvalue weighted by Crippen LogP contribution is -2.18. The van der Waals surface area contributed by atoms with Gasteiger partial charge in [0.15, 0.2) is 0 Å². The van der Waals surface area contributed by atoms with Gasteiger partial charge in [-0.25, -0.2) is 0 Å². The monoisotopic (exact) mass is 509 g/mol. The average molecular weight is 509 g/mol. The fraction of sp³-hybridized carbons (Fsp3) is 0.971. The Kier molecular flexibility index (Phi) is 30.2. The lowest BCUT2D eigenvalue weighted by molar-refractivity contribution is -0.149. The van der Waals surface area contributed by atoms with E-state index in [1.54, 1.807) is 0 Å². The van der Waals surface area contributed by atoms with Crippen LogP contribution < -0.4 is 0 Å². The molecule has 0 saturated carbocycles. The van der Waals surface area contributed by atoms with Crippen LogP contribution >= 0.6 is 0 Å². The van der Waals surface area contributed by atoms with Crippen LogP contribution in [0.5, 0.6) is 0 Å². The molecule has 0 saturated heterocycles. The summed E-state index contributed by atoms with van der Waals surface area (Å²) in [5, 5.41) is 0. The molecule has 0 aliphatic carbocycles. The van der Waals surface area contributed by atoms with E-state index in [0.29, 0.717) is 6.61 Å². The van der Waals surface area contributed by atoms with Crippen molar-refractivity contribution in [3.63, 3.8) is 0 Å². The first-order valence-corrected chi connectivity index (χ1v) is 16.9. The highest BCUT2D eigenvalue weighted by atomic mass is 16.5. The predicted octanol–water partition coefficient (Wildman–Crippen LogP) is 12.1. The number of hydrogen-bond donors (Lipinski definition) is 0. The van der Waals surface area contributed by atoms with Gasteiger partial charge in [-0.1, -0.05) is 181 Å². The van der Waals surface area contributed by atoms with Crippen molar-refractivity contribution < 1.29 is 9.53 Å². The summed E-state index contributed by atoms with van der Waals surface area (Å²) in [5.74, 6) is 0.253. The van der Waals surface area contributed by atoms with Crippen LogP contribution in [0.3, 0.4) is 0 Å². The number of esters is 1. The van der Waals surface area contributed by atoms with E-state index in [0.717, 1.165) is 19.3 Å². The summed E-state index contributed by atoms with van der Waals surface area (Å²) in [7, 11) is 0. The number of carbonyl (C=O) groups excluding carboxylic acids is 1. The highest BCUT2D eigenvalue weighted by Gasteiger charge is 2.19. The molecule has 0 N–H and O–H groups in total. The first kappa shape index (κ1) is 35.5. The third-order valence-electron chi connectivity index (χ3n) is 7.89. The summed E-state index contributed by atoms with van der Waals surface area (Å²) in [6.07, 6.45) is 36.7. The molecule has 0 aliphatic rings. The third kappa shape index (κ3) is 26.5. The number of carbonyl (C=O) groups is 1. The summed E-state index contributed by atoms with van der Waals surface area (Å²) >= 11 is 0. The van der Waals surface area contributed by atoms with E-state index >= 15 is 0 Å². The van der Waals surface area contributed by atoms with E-state index in [2.05, 4.69) is 20.8 Å². The van der Waals surface area contributed by atoms with Crippen molar-refractivity contribution in [2.45, 2.75) is 201 Å². The maximum absolute atomic E-state index is 12.8. The molecule has 0 amide bonds. The first-order valence-electron chi connectivity index (χ1n) is 16.9. The Morgan fingerprint density at radius 1 is 0.417 bits per heavy atom. The molecule has 36 heavy (non-hydrogen) atoms. The molecular weight excluding hydrogens is 440 g/mol. The Morgan fingerprint density at radius 2 is 0.694 bits per heavy atom. The minimum Gasteiger partial charge on any atom is -0.465 e. The molecule has 0 heterocycles. The molecule has 0 bridgehead atoms. The Balaban J connectivity index is 3.96. The van der Waals surface area contributed by atoms with Crippen LogP contribution in [0.15, 0.2) is 0 Å². The molecule has 0 rings (SSSR count). The second-order valence-corrected chi connectivity index (χ2v) is 11.6. The number of hydrogen-bond acceptors (Lipinski definition) is 2. The van der Waals surface area contributed by atoms with Crippen LogP contribution in [0, 0.1) is 5.92 Å². The number of unbranched alkanes of at least 4 members (excludes halogenated alkanes) is 23. The fourth-order valence-corrected chi connectivity index (χ4v) is 5.31. The van der Waals surface area contributed by atoms with Gasteiger partial charge in [-0.15, -0.1) is 0 Å². The molecule has 1 unspecified atom stereocenters. The first-order chi connectivity index (χ1) is 17.8. The molecule has 0 aromatic carbocycles. The Hall–Kier alpha value is -0.530. The summed E-state index contributed by atoms with van der Waals surface area (Å²) in [6, 6.07) is 0. The Morgan fingerprint density at radius 3 is 1.03 bits per heavy atom. The van der Waals surface area contributed by atoms with E-state index in [9.17, 15) is 4.79 Å². The maximum Gasteiger partial charge on any atom is 0.308 e. The zero-order valence-corrected chi connectivity index (χ0v) is 25.4. The zero-order valence-electron chi connectivity index (χ0n) is 25.4. The van der Waals surface area contributed by atoms with Gasteiger partial charge in [-0.05, 0) is 19.3 Å². The van der Waals surface area contributed by atoms with Crippen molar-refractivity contribution in [1.82, 2.24) is 0 Å². The van der Waals surface area contributed by atoms with Crippen molar-refractivity contribution in [3.8, 4) is 0 Å². The summed E-state index contributed by atoms with van der Waals surface area (Å²) in [5.41, 5.74) is 0. The van der Waals surface area contributed by atoms with Crippen LogP contribution in [0.1, 0.15) is 201 Å². The molecule has 0 fully saturated rings. The van der Waals surface area contributed by atoms with Gasteiger partial charge in [0.2, 0.25) is 0 Å². The summed E-state index contributed by atoms with van der Waals surface area (Å²) in [6.45, 7) is 7.47. The van der Waals surface area contributed by atoms with Crippen molar-refractivity contribution in [2.24, 2.45) is 5.92 Å². The average Bonchev–Trinajstić information content (AvgIpc) is 2.89. The second kappa shape index (κ2) is 30.7. The zero-order chi connectivity index (χ0) is 26.4. The largest absolute Gasteiger partial charge is 0.465 e. The van der Waals surface area contributed by atoms with Crippen LogP contribution in [-0.2, 0) is 9.53 Å². The van der Waals surface area contributed by atoms with Crippen molar-refractivity contribution >= 4 is 5.97 Å². The Labute approximate surface area is 228 Å². The summed E-state index contributed by atoms with van der Waals surface area (Å²) in [4.78, 5) is 12.8. The Bertz CT molecular complexity index is 419. The van der Waals surface area contributed by atoms with Gasteiger partial charge in [0.05, 0.1) is 12.5 Å². The van der Waals surface area contributed by atoms with Gasteiger partial charge >= 0.3 is 5.97 Å². The van der Waals surface area contributed by atoms with Crippen LogP contribution in [-0.4, -0.2) is 12.6 Å². The van der Waals surface area contributed by atoms with E-state index in [1.807, 2.05) is 0 Å². The van der Waals surface area contributed by atoms with Crippen LogP contribution in [0.2, 0.25) is 0 Å². The highest BCUT2D eigenvalue weighted by molar-refractivity contribution is 5.72. The molecule has 0 aromatic rings. The molecule has 0 spiro atoms. The SMILES string of the molecule is CCCCCCCCCCCCCCC(CCCCCCCC)C(=O)OCCCCCCCCCC. The van der Waals surface area contributed by atoms with Crippen LogP contribution in [0.4, 0.5) is 0 Å².